The standard InChI is InChI=1S/C22H30N4O3/c1-16-5-6-17(2)20(14-16)26-21(27)8-7-19(23-26)22(28)25-11-9-24(10-12-25)15-18-4-3-13-29-18/h5-6,14,18H,3-4,7-13,15H2,1-2H3/t18-/m0/s1. The van der Waals surface area contributed by atoms with E-state index in [0.29, 0.717) is 37.7 Å². The van der Waals surface area contributed by atoms with Gasteiger partial charge in [0.05, 0.1) is 11.8 Å². The van der Waals surface area contributed by atoms with Crippen LogP contribution in [-0.2, 0) is 14.3 Å². The largest absolute Gasteiger partial charge is 0.377 e. The van der Waals surface area contributed by atoms with Crippen molar-refractivity contribution >= 4 is 23.2 Å². The molecular weight excluding hydrogens is 368 g/mol. The number of piperazine rings is 1. The van der Waals surface area contributed by atoms with Crippen LogP contribution in [0.1, 0.15) is 36.8 Å². The van der Waals surface area contributed by atoms with Gasteiger partial charge in [0.2, 0.25) is 5.91 Å². The van der Waals surface area contributed by atoms with Crippen LogP contribution in [0.4, 0.5) is 5.69 Å². The number of hydrazone groups is 1. The smallest absolute Gasteiger partial charge is 0.270 e. The van der Waals surface area contributed by atoms with Crippen molar-refractivity contribution in [2.45, 2.75) is 45.6 Å². The Kier molecular flexibility index (Phi) is 5.96. The molecule has 0 radical (unpaired) electrons. The van der Waals surface area contributed by atoms with E-state index in [9.17, 15) is 9.59 Å². The maximum atomic E-state index is 13.1. The predicted molar refractivity (Wildman–Crippen MR) is 112 cm³/mol. The number of ether oxygens (including phenoxy) is 1. The molecule has 2 fully saturated rings. The van der Waals surface area contributed by atoms with Crippen molar-refractivity contribution in [1.29, 1.82) is 0 Å². The van der Waals surface area contributed by atoms with Crippen LogP contribution in [0.3, 0.4) is 0 Å². The number of carbonyl (C=O) groups is 2. The molecule has 29 heavy (non-hydrogen) atoms. The second kappa shape index (κ2) is 8.63. The van der Waals surface area contributed by atoms with Gasteiger partial charge in [0, 0.05) is 52.2 Å². The molecular formula is C22H30N4O3. The Bertz CT molecular complexity index is 808. The number of hydrogen-bond acceptors (Lipinski definition) is 5. The lowest BCUT2D eigenvalue weighted by molar-refractivity contribution is -0.126. The third-order valence-corrected chi connectivity index (χ3v) is 6.02. The molecule has 2 amide bonds. The van der Waals surface area contributed by atoms with Gasteiger partial charge in [-0.2, -0.15) is 5.10 Å². The summed E-state index contributed by atoms with van der Waals surface area (Å²) in [6, 6.07) is 5.95. The van der Waals surface area contributed by atoms with Crippen molar-refractivity contribution in [3.05, 3.63) is 29.3 Å². The molecule has 156 valence electrons. The van der Waals surface area contributed by atoms with Crippen LogP contribution in [0.25, 0.3) is 0 Å². The summed E-state index contributed by atoms with van der Waals surface area (Å²) in [4.78, 5) is 29.8. The maximum Gasteiger partial charge on any atom is 0.270 e. The maximum absolute atomic E-state index is 13.1. The van der Waals surface area contributed by atoms with Gasteiger partial charge in [-0.1, -0.05) is 12.1 Å². The molecule has 0 aliphatic carbocycles. The Morgan fingerprint density at radius 1 is 1.17 bits per heavy atom. The quantitative estimate of drug-likeness (QED) is 0.779. The van der Waals surface area contributed by atoms with Crippen LogP contribution in [-0.4, -0.2) is 72.8 Å². The van der Waals surface area contributed by atoms with Gasteiger partial charge in [0.1, 0.15) is 5.71 Å². The fraction of sp³-hybridized carbons (Fsp3) is 0.591. The SMILES string of the molecule is Cc1ccc(C)c(N2N=C(C(=O)N3CCN(C[C@@H]4CCCO4)CC3)CCC2=O)c1. The van der Waals surface area contributed by atoms with Gasteiger partial charge in [0.15, 0.2) is 0 Å². The molecule has 4 rings (SSSR count). The van der Waals surface area contributed by atoms with E-state index in [1.807, 2.05) is 36.9 Å². The van der Waals surface area contributed by atoms with E-state index >= 15 is 0 Å². The van der Waals surface area contributed by atoms with Gasteiger partial charge in [-0.15, -0.1) is 0 Å². The topological polar surface area (TPSA) is 65.5 Å². The molecule has 2 saturated heterocycles. The summed E-state index contributed by atoms with van der Waals surface area (Å²) < 4.78 is 5.73. The van der Waals surface area contributed by atoms with Gasteiger partial charge >= 0.3 is 0 Å². The minimum absolute atomic E-state index is 0.0374. The van der Waals surface area contributed by atoms with Gasteiger partial charge in [0.25, 0.3) is 5.91 Å². The highest BCUT2D eigenvalue weighted by molar-refractivity contribution is 6.40. The molecule has 0 aromatic heterocycles. The zero-order valence-electron chi connectivity index (χ0n) is 17.4. The summed E-state index contributed by atoms with van der Waals surface area (Å²) in [5, 5.41) is 5.91. The minimum Gasteiger partial charge on any atom is -0.377 e. The lowest BCUT2D eigenvalue weighted by atomic mass is 10.1. The molecule has 3 aliphatic rings. The summed E-state index contributed by atoms with van der Waals surface area (Å²) >= 11 is 0. The highest BCUT2D eigenvalue weighted by Gasteiger charge is 2.31. The molecule has 7 nitrogen and oxygen atoms in total. The summed E-state index contributed by atoms with van der Waals surface area (Å²) in [6.45, 7) is 8.89. The van der Waals surface area contributed by atoms with Crippen LogP contribution >= 0.6 is 0 Å². The van der Waals surface area contributed by atoms with Crippen LogP contribution in [0.15, 0.2) is 23.3 Å². The Hall–Kier alpha value is -2.25. The second-order valence-electron chi connectivity index (χ2n) is 8.27. The first kappa shape index (κ1) is 20.0. The highest BCUT2D eigenvalue weighted by atomic mass is 16.5. The molecule has 7 heteroatoms. The second-order valence-corrected chi connectivity index (χ2v) is 8.27. The molecule has 1 aromatic rings. The van der Waals surface area contributed by atoms with E-state index in [-0.39, 0.29) is 11.8 Å². The van der Waals surface area contributed by atoms with Crippen LogP contribution in [0.5, 0.6) is 0 Å². The summed E-state index contributed by atoms with van der Waals surface area (Å²) in [5.74, 6) is -0.0961. The Morgan fingerprint density at radius 2 is 1.97 bits per heavy atom. The van der Waals surface area contributed by atoms with E-state index in [0.717, 1.165) is 55.9 Å². The monoisotopic (exact) mass is 398 g/mol. The molecule has 0 unspecified atom stereocenters. The molecule has 0 N–H and O–H groups in total. The number of hydrogen-bond donors (Lipinski definition) is 0. The number of carbonyl (C=O) groups excluding carboxylic acids is 2. The molecule has 3 aliphatic heterocycles. The zero-order valence-corrected chi connectivity index (χ0v) is 17.4. The fourth-order valence-electron chi connectivity index (χ4n) is 4.24. The van der Waals surface area contributed by atoms with Crippen molar-refractivity contribution in [3.8, 4) is 0 Å². The molecule has 0 bridgehead atoms. The number of benzene rings is 1. The number of amides is 2. The van der Waals surface area contributed by atoms with E-state index in [1.165, 1.54) is 5.01 Å². The van der Waals surface area contributed by atoms with Crippen LogP contribution in [0, 0.1) is 13.8 Å². The molecule has 1 atom stereocenters. The van der Waals surface area contributed by atoms with Crippen LogP contribution < -0.4 is 5.01 Å². The third-order valence-electron chi connectivity index (χ3n) is 6.02. The average Bonchev–Trinajstić information content (AvgIpc) is 3.23. The minimum atomic E-state index is -0.0587. The van der Waals surface area contributed by atoms with Crippen molar-refractivity contribution < 1.29 is 14.3 Å². The van der Waals surface area contributed by atoms with Gasteiger partial charge in [-0.3, -0.25) is 14.5 Å². The average molecular weight is 399 g/mol. The lowest BCUT2D eigenvalue weighted by Crippen LogP contribution is -2.52. The van der Waals surface area contributed by atoms with Gasteiger partial charge < -0.3 is 9.64 Å². The first-order chi connectivity index (χ1) is 14.0. The molecule has 1 aromatic carbocycles. The van der Waals surface area contributed by atoms with Crippen molar-refractivity contribution in [1.82, 2.24) is 9.80 Å². The Morgan fingerprint density at radius 3 is 2.69 bits per heavy atom. The molecule has 3 heterocycles. The lowest BCUT2D eigenvalue weighted by Gasteiger charge is -2.36. The number of nitrogens with zero attached hydrogens (tertiary/aromatic N) is 4. The summed E-state index contributed by atoms with van der Waals surface area (Å²) in [6.07, 6.45) is 3.36. The van der Waals surface area contributed by atoms with E-state index < -0.39 is 0 Å². The van der Waals surface area contributed by atoms with Crippen molar-refractivity contribution in [3.63, 3.8) is 0 Å². The Labute approximate surface area is 172 Å². The number of anilines is 1. The van der Waals surface area contributed by atoms with E-state index in [1.54, 1.807) is 0 Å². The Balaban J connectivity index is 1.41. The number of aryl methyl sites for hydroxylation is 2. The van der Waals surface area contributed by atoms with Crippen LogP contribution in [0.2, 0.25) is 0 Å². The van der Waals surface area contributed by atoms with Crippen molar-refractivity contribution in [2.75, 3.05) is 44.3 Å². The zero-order chi connectivity index (χ0) is 20.4. The predicted octanol–water partition coefficient (Wildman–Crippen LogP) is 2.11. The number of rotatable bonds is 4. The normalized spacial score (nSPS) is 23.4. The molecule has 0 saturated carbocycles. The highest BCUT2D eigenvalue weighted by Crippen LogP contribution is 2.26. The fourth-order valence-corrected chi connectivity index (χ4v) is 4.24. The van der Waals surface area contributed by atoms with Gasteiger partial charge in [-0.05, 0) is 43.9 Å². The van der Waals surface area contributed by atoms with E-state index in [4.69, 9.17) is 4.74 Å². The first-order valence-electron chi connectivity index (χ1n) is 10.6. The van der Waals surface area contributed by atoms with E-state index in [2.05, 4.69) is 10.0 Å². The van der Waals surface area contributed by atoms with Crippen molar-refractivity contribution in [2.24, 2.45) is 5.10 Å². The van der Waals surface area contributed by atoms with Gasteiger partial charge in [-0.25, -0.2) is 5.01 Å². The third kappa shape index (κ3) is 4.51. The summed E-state index contributed by atoms with van der Waals surface area (Å²) in [7, 11) is 0. The summed E-state index contributed by atoms with van der Waals surface area (Å²) in [5.41, 5.74) is 3.29. The molecule has 0 spiro atoms. The first-order valence-corrected chi connectivity index (χ1v) is 10.6.